The van der Waals surface area contributed by atoms with Gasteiger partial charge in [-0.15, -0.1) is 0 Å². The van der Waals surface area contributed by atoms with Gasteiger partial charge in [0.25, 0.3) is 0 Å². The molecule has 2 heteroatoms. The van der Waals surface area contributed by atoms with E-state index in [1.807, 2.05) is 6.07 Å². The average molecular weight is 242 g/mol. The number of hydrogen-bond donors (Lipinski definition) is 0. The van der Waals surface area contributed by atoms with Crippen LogP contribution in [-0.4, -0.2) is 19.0 Å². The fourth-order valence-electron chi connectivity index (χ4n) is 0.949. The van der Waals surface area contributed by atoms with Crippen LogP contribution in [0.15, 0.2) is 30.3 Å². The summed E-state index contributed by atoms with van der Waals surface area (Å²) in [4.78, 5) is 2.16. The van der Waals surface area contributed by atoms with Crippen molar-refractivity contribution in [2.24, 2.45) is 0 Å². The minimum absolute atomic E-state index is 0. The summed E-state index contributed by atoms with van der Waals surface area (Å²) in [6.45, 7) is 1.03. The first-order chi connectivity index (χ1) is 4.79. The molecule has 0 aromatic heterocycles. The summed E-state index contributed by atoms with van der Waals surface area (Å²) < 4.78 is 0. The first-order valence-electron chi connectivity index (χ1n) is 3.47. The van der Waals surface area contributed by atoms with Gasteiger partial charge < -0.3 is 4.90 Å². The summed E-state index contributed by atoms with van der Waals surface area (Å²) in [5.41, 5.74) is 1.37. The van der Waals surface area contributed by atoms with E-state index in [4.69, 9.17) is 0 Å². The molecule has 0 unspecified atom stereocenters. The Labute approximate surface area is 82.1 Å². The minimum atomic E-state index is 0. The van der Waals surface area contributed by atoms with Gasteiger partial charge in [0.15, 0.2) is 0 Å². The van der Waals surface area contributed by atoms with E-state index >= 15 is 0 Å². The zero-order valence-electron chi connectivity index (χ0n) is 6.86. The van der Waals surface area contributed by atoms with Crippen LogP contribution in [-0.2, 0) is 27.0 Å². The van der Waals surface area contributed by atoms with Crippen LogP contribution in [0.5, 0.6) is 0 Å². The van der Waals surface area contributed by atoms with Gasteiger partial charge in [-0.25, -0.2) is 0 Å². The number of hydrogen-bond acceptors (Lipinski definition) is 1. The predicted octanol–water partition coefficient (Wildman–Crippen LogP) is 1.75. The van der Waals surface area contributed by atoms with Crippen molar-refractivity contribution in [3.8, 4) is 0 Å². The molecule has 0 aliphatic rings. The van der Waals surface area contributed by atoms with Crippen LogP contribution in [0.2, 0.25) is 0 Å². The Kier molecular flexibility index (Phi) is 5.41. The summed E-state index contributed by atoms with van der Waals surface area (Å²) in [6, 6.07) is 10.5. The van der Waals surface area contributed by atoms with Gasteiger partial charge in [0.1, 0.15) is 0 Å². The third-order valence-electron chi connectivity index (χ3n) is 1.34. The molecule has 0 aliphatic heterocycles. The molecule has 0 amide bonds. The largest absolute Gasteiger partial charge is 0.305 e. The molecule has 0 atom stereocenters. The maximum atomic E-state index is 2.16. The van der Waals surface area contributed by atoms with Crippen LogP contribution >= 0.6 is 0 Å². The second-order valence-electron chi connectivity index (χ2n) is 2.72. The van der Waals surface area contributed by atoms with Gasteiger partial charge in [-0.3, -0.25) is 0 Å². The number of nitrogens with zero attached hydrogens (tertiary/aromatic N) is 1. The van der Waals surface area contributed by atoms with Crippen molar-refractivity contribution in [3.05, 3.63) is 35.9 Å². The molecule has 0 bridgehead atoms. The fourth-order valence-corrected chi connectivity index (χ4v) is 0.949. The number of rotatable bonds is 2. The van der Waals surface area contributed by atoms with Crippen molar-refractivity contribution >= 4 is 0 Å². The summed E-state index contributed by atoms with van der Waals surface area (Å²) in [7, 11) is 4.15. The molecule has 1 aromatic rings. The van der Waals surface area contributed by atoms with Crippen molar-refractivity contribution in [3.63, 3.8) is 0 Å². The van der Waals surface area contributed by atoms with Crippen LogP contribution in [0.1, 0.15) is 5.56 Å². The van der Waals surface area contributed by atoms with Gasteiger partial charge in [0, 0.05) is 27.0 Å². The van der Waals surface area contributed by atoms with E-state index in [1.165, 1.54) is 5.56 Å². The molecule has 64 valence electrons. The Bertz CT molecular complexity index is 184. The molecular formula is C9H13NPd. The number of benzene rings is 1. The van der Waals surface area contributed by atoms with Gasteiger partial charge in [0.2, 0.25) is 0 Å². The topological polar surface area (TPSA) is 3.24 Å². The predicted molar refractivity (Wildman–Crippen MR) is 43.8 cm³/mol. The molecule has 0 N–H and O–H groups in total. The maximum absolute atomic E-state index is 2.16. The van der Waals surface area contributed by atoms with E-state index in [2.05, 4.69) is 43.3 Å². The summed E-state index contributed by atoms with van der Waals surface area (Å²) >= 11 is 0. The molecule has 0 heterocycles. The van der Waals surface area contributed by atoms with Gasteiger partial charge >= 0.3 is 0 Å². The Morgan fingerprint density at radius 2 is 1.64 bits per heavy atom. The summed E-state index contributed by atoms with van der Waals surface area (Å²) in [5, 5.41) is 0. The molecule has 0 fully saturated rings. The second kappa shape index (κ2) is 5.49. The van der Waals surface area contributed by atoms with Gasteiger partial charge in [-0.2, -0.15) is 0 Å². The summed E-state index contributed by atoms with van der Waals surface area (Å²) in [6.07, 6.45) is 0. The zero-order valence-corrected chi connectivity index (χ0v) is 8.41. The first-order valence-corrected chi connectivity index (χ1v) is 3.47. The van der Waals surface area contributed by atoms with Crippen LogP contribution in [0.4, 0.5) is 0 Å². The summed E-state index contributed by atoms with van der Waals surface area (Å²) in [5.74, 6) is 0. The smallest absolute Gasteiger partial charge is 0.0227 e. The molecule has 0 saturated heterocycles. The molecule has 1 rings (SSSR count). The monoisotopic (exact) mass is 241 g/mol. The van der Waals surface area contributed by atoms with Crippen molar-refractivity contribution in [1.29, 1.82) is 0 Å². The first kappa shape index (κ1) is 10.8. The van der Waals surface area contributed by atoms with Crippen LogP contribution in [0.3, 0.4) is 0 Å². The maximum Gasteiger partial charge on any atom is 0.0227 e. The van der Waals surface area contributed by atoms with Crippen molar-refractivity contribution in [1.82, 2.24) is 4.90 Å². The van der Waals surface area contributed by atoms with Crippen molar-refractivity contribution in [2.75, 3.05) is 14.1 Å². The van der Waals surface area contributed by atoms with Gasteiger partial charge in [0.05, 0.1) is 0 Å². The average Bonchev–Trinajstić information content (AvgIpc) is 1.88. The van der Waals surface area contributed by atoms with E-state index in [9.17, 15) is 0 Å². The quantitative estimate of drug-likeness (QED) is 0.713. The molecule has 1 aromatic carbocycles. The van der Waals surface area contributed by atoms with Gasteiger partial charge in [-0.1, -0.05) is 30.3 Å². The molecule has 0 saturated carbocycles. The third-order valence-corrected chi connectivity index (χ3v) is 1.34. The fraction of sp³-hybridized carbons (Fsp3) is 0.333. The van der Waals surface area contributed by atoms with Gasteiger partial charge in [-0.05, 0) is 19.7 Å². The van der Waals surface area contributed by atoms with Crippen LogP contribution < -0.4 is 0 Å². The van der Waals surface area contributed by atoms with Crippen LogP contribution in [0.25, 0.3) is 0 Å². The molecule has 0 spiro atoms. The second-order valence-corrected chi connectivity index (χ2v) is 2.72. The molecule has 1 nitrogen and oxygen atoms in total. The minimum Gasteiger partial charge on any atom is -0.305 e. The zero-order chi connectivity index (χ0) is 7.40. The molecule has 11 heavy (non-hydrogen) atoms. The Morgan fingerprint density at radius 3 is 2.09 bits per heavy atom. The Balaban J connectivity index is 0.000001000. The molecule has 0 aliphatic carbocycles. The Hall–Kier alpha value is -0.158. The van der Waals surface area contributed by atoms with E-state index in [1.54, 1.807) is 0 Å². The van der Waals surface area contributed by atoms with Crippen molar-refractivity contribution < 1.29 is 20.4 Å². The van der Waals surface area contributed by atoms with E-state index in [-0.39, 0.29) is 20.4 Å². The molecular weight excluding hydrogens is 229 g/mol. The van der Waals surface area contributed by atoms with Crippen molar-refractivity contribution in [2.45, 2.75) is 6.54 Å². The molecule has 0 radical (unpaired) electrons. The SMILES string of the molecule is CN(C)Cc1ccccc1.[Pd]. The standard InChI is InChI=1S/C9H13N.Pd/c1-10(2)8-9-6-4-3-5-7-9;/h3-7H,8H2,1-2H3;. The van der Waals surface area contributed by atoms with E-state index < -0.39 is 0 Å². The van der Waals surface area contributed by atoms with E-state index in [0.717, 1.165) is 6.54 Å². The normalized spacial score (nSPS) is 9.36. The third kappa shape index (κ3) is 4.32. The Morgan fingerprint density at radius 1 is 1.09 bits per heavy atom. The van der Waals surface area contributed by atoms with Crippen LogP contribution in [0, 0.1) is 0 Å². The van der Waals surface area contributed by atoms with E-state index in [0.29, 0.717) is 0 Å².